The van der Waals surface area contributed by atoms with E-state index in [-0.39, 0.29) is 11.9 Å². The van der Waals surface area contributed by atoms with Gasteiger partial charge in [0, 0.05) is 6.04 Å². The Balaban J connectivity index is 2.41. The maximum Gasteiger partial charge on any atom is 0.165 e. The topological polar surface area (TPSA) is 21.3 Å². The summed E-state index contributed by atoms with van der Waals surface area (Å²) >= 11 is 0. The van der Waals surface area contributed by atoms with Crippen molar-refractivity contribution in [1.82, 2.24) is 5.32 Å². The number of halogens is 1. The highest BCUT2D eigenvalue weighted by molar-refractivity contribution is 5.30. The van der Waals surface area contributed by atoms with E-state index in [1.54, 1.807) is 12.1 Å². The van der Waals surface area contributed by atoms with Crippen LogP contribution in [-0.2, 0) is 0 Å². The molecule has 1 aromatic rings. The van der Waals surface area contributed by atoms with Crippen molar-refractivity contribution >= 4 is 0 Å². The molecule has 0 saturated carbocycles. The number of unbranched alkanes of at least 4 members (excludes halogenated alkanes) is 3. The van der Waals surface area contributed by atoms with Crippen molar-refractivity contribution in [2.75, 3.05) is 13.7 Å². The van der Waals surface area contributed by atoms with Crippen LogP contribution in [0.15, 0.2) is 18.2 Å². The van der Waals surface area contributed by atoms with Gasteiger partial charge in [-0.1, -0.05) is 32.3 Å². The van der Waals surface area contributed by atoms with E-state index in [1.165, 1.54) is 32.8 Å². The molecule has 0 heterocycles. The Hall–Kier alpha value is -1.09. The third-order valence-electron chi connectivity index (χ3n) is 3.16. The fraction of sp³-hybridized carbons (Fsp3) is 0.600. The van der Waals surface area contributed by atoms with E-state index in [0.29, 0.717) is 5.75 Å². The number of hydrogen-bond donors (Lipinski definition) is 1. The van der Waals surface area contributed by atoms with Crippen molar-refractivity contribution in [3.05, 3.63) is 29.6 Å². The van der Waals surface area contributed by atoms with E-state index >= 15 is 0 Å². The van der Waals surface area contributed by atoms with Gasteiger partial charge in [0.2, 0.25) is 0 Å². The van der Waals surface area contributed by atoms with Crippen LogP contribution < -0.4 is 10.1 Å². The monoisotopic (exact) mass is 253 g/mol. The maximum absolute atomic E-state index is 13.5. The SMILES string of the molecule is CCCCCCNC(C)c1ccc(OC)c(F)c1. The van der Waals surface area contributed by atoms with Crippen molar-refractivity contribution < 1.29 is 9.13 Å². The highest BCUT2D eigenvalue weighted by Gasteiger charge is 2.08. The molecule has 0 amide bonds. The minimum Gasteiger partial charge on any atom is -0.494 e. The van der Waals surface area contributed by atoms with Crippen LogP contribution in [0.3, 0.4) is 0 Å². The number of benzene rings is 1. The van der Waals surface area contributed by atoms with Gasteiger partial charge in [0.05, 0.1) is 7.11 Å². The molecule has 1 rings (SSSR count). The van der Waals surface area contributed by atoms with Gasteiger partial charge in [-0.25, -0.2) is 4.39 Å². The molecular formula is C15H24FNO. The summed E-state index contributed by atoms with van der Waals surface area (Å²) in [6.07, 6.45) is 4.97. The van der Waals surface area contributed by atoms with Gasteiger partial charge in [-0.3, -0.25) is 0 Å². The lowest BCUT2D eigenvalue weighted by molar-refractivity contribution is 0.385. The Morgan fingerprint density at radius 2 is 2.06 bits per heavy atom. The summed E-state index contributed by atoms with van der Waals surface area (Å²) in [4.78, 5) is 0. The molecule has 0 aromatic heterocycles. The Morgan fingerprint density at radius 1 is 1.28 bits per heavy atom. The van der Waals surface area contributed by atoms with Gasteiger partial charge in [0.1, 0.15) is 0 Å². The molecule has 102 valence electrons. The maximum atomic E-state index is 13.5. The molecule has 1 unspecified atom stereocenters. The van der Waals surface area contributed by atoms with Crippen molar-refractivity contribution in [3.63, 3.8) is 0 Å². The number of nitrogens with one attached hydrogen (secondary N) is 1. The minimum absolute atomic E-state index is 0.173. The molecule has 0 aliphatic heterocycles. The summed E-state index contributed by atoms with van der Waals surface area (Å²) in [5, 5.41) is 3.42. The predicted molar refractivity (Wildman–Crippen MR) is 73.5 cm³/mol. The van der Waals surface area contributed by atoms with E-state index in [1.807, 2.05) is 6.07 Å². The first-order valence-corrected chi connectivity index (χ1v) is 6.75. The zero-order chi connectivity index (χ0) is 13.4. The highest BCUT2D eigenvalue weighted by atomic mass is 19.1. The summed E-state index contributed by atoms with van der Waals surface area (Å²) in [6.45, 7) is 5.24. The number of ether oxygens (including phenoxy) is 1. The van der Waals surface area contributed by atoms with Crippen LogP contribution in [0.5, 0.6) is 5.75 Å². The number of methoxy groups -OCH3 is 1. The molecule has 0 radical (unpaired) electrons. The van der Waals surface area contributed by atoms with Crippen LogP contribution in [0.25, 0.3) is 0 Å². The molecule has 0 aliphatic rings. The molecule has 0 fully saturated rings. The first kappa shape index (κ1) is 15.0. The normalized spacial score (nSPS) is 12.4. The fourth-order valence-electron chi connectivity index (χ4n) is 1.94. The first-order chi connectivity index (χ1) is 8.69. The van der Waals surface area contributed by atoms with Gasteiger partial charge in [-0.05, 0) is 37.6 Å². The molecule has 2 nitrogen and oxygen atoms in total. The molecule has 0 spiro atoms. The van der Waals surface area contributed by atoms with Gasteiger partial charge >= 0.3 is 0 Å². The van der Waals surface area contributed by atoms with Gasteiger partial charge < -0.3 is 10.1 Å². The standard InChI is InChI=1S/C15H24FNO/c1-4-5-6-7-10-17-12(2)13-8-9-15(18-3)14(16)11-13/h8-9,11-12,17H,4-7,10H2,1-3H3. The van der Waals surface area contributed by atoms with Gasteiger partial charge in [-0.15, -0.1) is 0 Å². The molecule has 18 heavy (non-hydrogen) atoms. The molecule has 1 aromatic carbocycles. The van der Waals surface area contributed by atoms with E-state index in [2.05, 4.69) is 19.2 Å². The second kappa shape index (κ2) is 8.09. The van der Waals surface area contributed by atoms with Crippen LogP contribution in [0, 0.1) is 5.82 Å². The van der Waals surface area contributed by atoms with E-state index in [9.17, 15) is 4.39 Å². The summed E-state index contributed by atoms with van der Waals surface area (Å²) < 4.78 is 18.5. The summed E-state index contributed by atoms with van der Waals surface area (Å²) in [5.74, 6) is 0.00327. The van der Waals surface area contributed by atoms with Crippen LogP contribution in [0.4, 0.5) is 4.39 Å². The quantitative estimate of drug-likeness (QED) is 0.705. The molecule has 3 heteroatoms. The lowest BCUT2D eigenvalue weighted by Crippen LogP contribution is -2.19. The van der Waals surface area contributed by atoms with Crippen LogP contribution in [0.2, 0.25) is 0 Å². The average Bonchev–Trinajstić information content (AvgIpc) is 2.38. The summed E-state index contributed by atoms with van der Waals surface area (Å²) in [6, 6.07) is 5.31. The fourth-order valence-corrected chi connectivity index (χ4v) is 1.94. The van der Waals surface area contributed by atoms with E-state index < -0.39 is 0 Å². The van der Waals surface area contributed by atoms with Gasteiger partial charge in [0.15, 0.2) is 11.6 Å². The molecule has 0 saturated heterocycles. The average molecular weight is 253 g/mol. The van der Waals surface area contributed by atoms with Crippen LogP contribution in [0.1, 0.15) is 51.1 Å². The Labute approximate surface area is 110 Å². The zero-order valence-electron chi connectivity index (χ0n) is 11.6. The van der Waals surface area contributed by atoms with Crippen molar-refractivity contribution in [3.8, 4) is 5.75 Å². The molecular weight excluding hydrogens is 229 g/mol. The van der Waals surface area contributed by atoms with E-state index in [0.717, 1.165) is 12.1 Å². The molecule has 0 aliphatic carbocycles. The second-order valence-corrected chi connectivity index (χ2v) is 4.63. The van der Waals surface area contributed by atoms with Crippen molar-refractivity contribution in [1.29, 1.82) is 0 Å². The first-order valence-electron chi connectivity index (χ1n) is 6.75. The Bertz CT molecular complexity index is 354. The molecule has 1 N–H and O–H groups in total. The van der Waals surface area contributed by atoms with E-state index in [4.69, 9.17) is 4.74 Å². The highest BCUT2D eigenvalue weighted by Crippen LogP contribution is 2.21. The minimum atomic E-state index is -0.297. The third-order valence-corrected chi connectivity index (χ3v) is 3.16. The third kappa shape index (κ3) is 4.65. The van der Waals surface area contributed by atoms with Gasteiger partial charge in [-0.2, -0.15) is 0 Å². The molecule has 0 bridgehead atoms. The summed E-state index contributed by atoms with van der Waals surface area (Å²) in [7, 11) is 1.48. The number of rotatable bonds is 8. The number of hydrogen-bond acceptors (Lipinski definition) is 2. The Kier molecular flexibility index (Phi) is 6.73. The predicted octanol–water partition coefficient (Wildman–Crippen LogP) is 4.07. The van der Waals surface area contributed by atoms with Crippen LogP contribution in [-0.4, -0.2) is 13.7 Å². The van der Waals surface area contributed by atoms with Crippen molar-refractivity contribution in [2.24, 2.45) is 0 Å². The zero-order valence-corrected chi connectivity index (χ0v) is 11.6. The summed E-state index contributed by atoms with van der Waals surface area (Å²) in [5.41, 5.74) is 0.962. The molecule has 1 atom stereocenters. The lowest BCUT2D eigenvalue weighted by Gasteiger charge is -2.15. The second-order valence-electron chi connectivity index (χ2n) is 4.63. The van der Waals surface area contributed by atoms with Gasteiger partial charge in [0.25, 0.3) is 0 Å². The smallest absolute Gasteiger partial charge is 0.165 e. The lowest BCUT2D eigenvalue weighted by atomic mass is 10.1. The van der Waals surface area contributed by atoms with Crippen LogP contribution >= 0.6 is 0 Å². The largest absolute Gasteiger partial charge is 0.494 e. The Morgan fingerprint density at radius 3 is 2.67 bits per heavy atom. The van der Waals surface area contributed by atoms with Crippen molar-refractivity contribution in [2.45, 2.75) is 45.6 Å².